The third-order valence-corrected chi connectivity index (χ3v) is 4.95. The van der Waals surface area contributed by atoms with Crippen LogP contribution in [0, 0.1) is 7.43 Å². The number of pyridine rings is 1. The molecular formula is C23H24Cl2CrN. The molecular weight excluding hydrogens is 413 g/mol. The minimum absolute atomic E-state index is 0. The van der Waals surface area contributed by atoms with Crippen molar-refractivity contribution in [2.75, 3.05) is 0 Å². The number of benzene rings is 2. The van der Waals surface area contributed by atoms with E-state index in [2.05, 4.69) is 71.7 Å². The summed E-state index contributed by atoms with van der Waals surface area (Å²) in [6.45, 7) is 0. The number of rotatable bonds is 4. The van der Waals surface area contributed by atoms with E-state index in [9.17, 15) is 0 Å². The SMILES string of the molecule is [CH3-].[Cl][Cr+][Cl].c1ccc(CC2CC(Cc3ccccn3)c3ccccc32)cc1. The van der Waals surface area contributed by atoms with Crippen molar-refractivity contribution in [3.63, 3.8) is 0 Å². The summed E-state index contributed by atoms with van der Waals surface area (Å²) in [4.78, 5) is 4.52. The molecule has 0 saturated carbocycles. The standard InChI is InChI=1S/C22H21N.CH3.2ClH.Cr/c1-2-8-17(9-3-1)14-18-15-19(16-20-10-6-7-13-23-20)22-12-5-4-11-21(18)22;;;;/h1-13,18-19H,14-16H2;1H3;2*1H;/q;-1;;;+3/p-2. The molecule has 2 aromatic carbocycles. The molecule has 0 fully saturated rings. The molecule has 4 heteroatoms. The van der Waals surface area contributed by atoms with Gasteiger partial charge < -0.3 is 7.43 Å². The van der Waals surface area contributed by atoms with Crippen molar-refractivity contribution in [3.05, 3.63) is 109 Å². The van der Waals surface area contributed by atoms with Gasteiger partial charge in [0.15, 0.2) is 0 Å². The van der Waals surface area contributed by atoms with Crippen LogP contribution in [-0.2, 0) is 26.2 Å². The Bertz CT molecular complexity index is 729. The van der Waals surface area contributed by atoms with Gasteiger partial charge in [-0.2, -0.15) is 0 Å². The van der Waals surface area contributed by atoms with Gasteiger partial charge in [0.2, 0.25) is 0 Å². The minimum Gasteiger partial charge on any atom is -0.261 e. The maximum absolute atomic E-state index is 4.83. The minimum atomic E-state index is -0.181. The Morgan fingerprint density at radius 2 is 1.33 bits per heavy atom. The van der Waals surface area contributed by atoms with Crippen molar-refractivity contribution in [1.82, 2.24) is 4.98 Å². The smallest absolute Gasteiger partial charge is 0.0409 e. The average molecular weight is 437 g/mol. The molecule has 1 nitrogen and oxygen atoms in total. The molecule has 0 N–H and O–H groups in total. The Labute approximate surface area is 177 Å². The molecule has 27 heavy (non-hydrogen) atoms. The predicted octanol–water partition coefficient (Wildman–Crippen LogP) is 6.96. The van der Waals surface area contributed by atoms with Crippen molar-refractivity contribution in [3.8, 4) is 0 Å². The molecule has 1 heterocycles. The molecule has 1 aliphatic rings. The number of hydrogen-bond donors (Lipinski definition) is 0. The zero-order chi connectivity index (χ0) is 18.2. The van der Waals surface area contributed by atoms with E-state index >= 15 is 0 Å². The fourth-order valence-corrected chi connectivity index (χ4v) is 3.91. The molecule has 0 aliphatic heterocycles. The molecule has 0 amide bonds. The Kier molecular flexibility index (Phi) is 9.39. The summed E-state index contributed by atoms with van der Waals surface area (Å²) in [6.07, 6.45) is 5.31. The van der Waals surface area contributed by atoms with Gasteiger partial charge in [0, 0.05) is 11.9 Å². The van der Waals surface area contributed by atoms with E-state index in [-0.39, 0.29) is 20.8 Å². The summed E-state index contributed by atoms with van der Waals surface area (Å²) in [6, 6.07) is 26.1. The third-order valence-electron chi connectivity index (χ3n) is 4.95. The number of halogens is 2. The van der Waals surface area contributed by atoms with E-state index in [4.69, 9.17) is 20.1 Å². The second-order valence-electron chi connectivity index (χ2n) is 6.53. The maximum atomic E-state index is 4.83. The van der Waals surface area contributed by atoms with E-state index in [1.54, 1.807) is 0 Å². The van der Waals surface area contributed by atoms with Crippen LogP contribution in [0.5, 0.6) is 0 Å². The van der Waals surface area contributed by atoms with Crippen LogP contribution in [0.1, 0.15) is 40.6 Å². The van der Waals surface area contributed by atoms with Crippen molar-refractivity contribution >= 4 is 20.1 Å². The summed E-state index contributed by atoms with van der Waals surface area (Å²) in [5, 5.41) is 0. The van der Waals surface area contributed by atoms with Gasteiger partial charge in [0.25, 0.3) is 0 Å². The zero-order valence-electron chi connectivity index (χ0n) is 15.4. The molecule has 0 bridgehead atoms. The van der Waals surface area contributed by atoms with E-state index < -0.39 is 0 Å². The van der Waals surface area contributed by atoms with Crippen LogP contribution in [0.15, 0.2) is 79.0 Å². The van der Waals surface area contributed by atoms with Crippen LogP contribution in [0.4, 0.5) is 0 Å². The van der Waals surface area contributed by atoms with Gasteiger partial charge in [-0.05, 0) is 59.9 Å². The topological polar surface area (TPSA) is 12.9 Å². The van der Waals surface area contributed by atoms with Crippen molar-refractivity contribution in [2.45, 2.75) is 31.1 Å². The first-order chi connectivity index (χ1) is 12.8. The predicted molar refractivity (Wildman–Crippen MR) is 113 cm³/mol. The monoisotopic (exact) mass is 436 g/mol. The second kappa shape index (κ2) is 11.5. The van der Waals surface area contributed by atoms with Gasteiger partial charge in [-0.1, -0.05) is 60.7 Å². The first-order valence-electron chi connectivity index (χ1n) is 8.73. The Balaban J connectivity index is 0.000000614. The van der Waals surface area contributed by atoms with E-state index in [1.165, 1.54) is 28.8 Å². The molecule has 0 radical (unpaired) electrons. The van der Waals surface area contributed by atoms with Gasteiger partial charge in [-0.3, -0.25) is 4.98 Å². The molecule has 3 aromatic rings. The molecule has 0 saturated heterocycles. The molecule has 0 spiro atoms. The fraction of sp³-hybridized carbons (Fsp3) is 0.217. The number of aromatic nitrogens is 1. The molecule has 2 unspecified atom stereocenters. The fourth-order valence-electron chi connectivity index (χ4n) is 3.91. The van der Waals surface area contributed by atoms with Crippen molar-refractivity contribution < 1.29 is 13.4 Å². The summed E-state index contributed by atoms with van der Waals surface area (Å²) in [5.41, 5.74) is 5.70. The Morgan fingerprint density at radius 1 is 0.778 bits per heavy atom. The van der Waals surface area contributed by atoms with Crippen molar-refractivity contribution in [2.24, 2.45) is 0 Å². The summed E-state index contributed by atoms with van der Waals surface area (Å²) in [5.74, 6) is 1.22. The first kappa shape index (κ1) is 22.0. The Morgan fingerprint density at radius 3 is 1.93 bits per heavy atom. The van der Waals surface area contributed by atoms with E-state index in [1.807, 2.05) is 12.3 Å². The summed E-state index contributed by atoms with van der Waals surface area (Å²) < 4.78 is 0. The van der Waals surface area contributed by atoms with Crippen LogP contribution >= 0.6 is 20.1 Å². The zero-order valence-corrected chi connectivity index (χ0v) is 18.2. The average Bonchev–Trinajstić information content (AvgIpc) is 3.02. The van der Waals surface area contributed by atoms with Crippen LogP contribution < -0.4 is 0 Å². The van der Waals surface area contributed by atoms with Gasteiger partial charge in [-0.25, -0.2) is 0 Å². The normalized spacial score (nSPS) is 17.1. The largest absolute Gasteiger partial charge is 0.261 e. The van der Waals surface area contributed by atoms with Crippen LogP contribution in [-0.4, -0.2) is 4.98 Å². The van der Waals surface area contributed by atoms with Gasteiger partial charge in [0.1, 0.15) is 0 Å². The number of nitrogens with zero attached hydrogens (tertiary/aromatic N) is 1. The molecule has 141 valence electrons. The molecule has 1 aliphatic carbocycles. The number of hydrogen-bond acceptors (Lipinski definition) is 1. The van der Waals surface area contributed by atoms with Gasteiger partial charge >= 0.3 is 33.5 Å². The maximum Gasteiger partial charge on any atom is 0.0409 e. The van der Waals surface area contributed by atoms with Crippen LogP contribution in [0.3, 0.4) is 0 Å². The summed E-state index contributed by atoms with van der Waals surface area (Å²) >= 11 is -0.181. The van der Waals surface area contributed by atoms with E-state index in [0.29, 0.717) is 11.8 Å². The summed E-state index contributed by atoms with van der Waals surface area (Å²) in [7, 11) is 9.65. The second-order valence-corrected chi connectivity index (χ2v) is 8.64. The number of fused-ring (bicyclic) bond motifs is 1. The van der Waals surface area contributed by atoms with E-state index in [0.717, 1.165) is 12.8 Å². The van der Waals surface area contributed by atoms with Crippen LogP contribution in [0.25, 0.3) is 0 Å². The Hall–Kier alpha value is -1.30. The van der Waals surface area contributed by atoms with Gasteiger partial charge in [0.05, 0.1) is 0 Å². The first-order valence-corrected chi connectivity index (χ1v) is 12.2. The quantitative estimate of drug-likeness (QED) is 0.402. The third kappa shape index (κ3) is 6.10. The van der Waals surface area contributed by atoms with Crippen LogP contribution in [0.2, 0.25) is 0 Å². The molecule has 2 atom stereocenters. The molecule has 4 rings (SSSR count). The van der Waals surface area contributed by atoms with Crippen molar-refractivity contribution in [1.29, 1.82) is 0 Å². The van der Waals surface area contributed by atoms with Gasteiger partial charge in [-0.15, -0.1) is 0 Å². The molecule has 1 aromatic heterocycles.